The molecule has 20 heavy (non-hydrogen) atoms. The maximum Gasteiger partial charge on any atom is 0.407 e. The van der Waals surface area contributed by atoms with E-state index in [2.05, 4.69) is 5.32 Å². The highest BCUT2D eigenvalue weighted by molar-refractivity contribution is 5.91. The Morgan fingerprint density at radius 3 is 2.05 bits per heavy atom. The maximum absolute atomic E-state index is 12.5. The van der Waals surface area contributed by atoms with Crippen LogP contribution in [0.2, 0.25) is 0 Å². The van der Waals surface area contributed by atoms with Crippen molar-refractivity contribution in [2.24, 2.45) is 16.7 Å². The Morgan fingerprint density at radius 2 is 1.70 bits per heavy atom. The average molecular weight is 283 g/mol. The van der Waals surface area contributed by atoms with Crippen molar-refractivity contribution in [2.75, 3.05) is 6.61 Å². The average Bonchev–Trinajstić information content (AvgIpc) is 2.19. The first-order valence-electron chi connectivity index (χ1n) is 7.49. The summed E-state index contributed by atoms with van der Waals surface area (Å²) in [5.41, 5.74) is -0.820. The highest BCUT2D eigenvalue weighted by Gasteiger charge is 2.38. The van der Waals surface area contributed by atoms with Gasteiger partial charge in [0.15, 0.2) is 5.78 Å². The standard InChI is InChI=1S/C16H29NO3/c1-15(2,3)12(13(18)16(4,5)6)17-14(19)20-10-11-8-7-9-11/h11-12H,7-10H2,1-6H3,(H,17,19). The van der Waals surface area contributed by atoms with E-state index in [1.54, 1.807) is 0 Å². The third-order valence-corrected chi connectivity index (χ3v) is 3.80. The zero-order chi connectivity index (χ0) is 15.6. The van der Waals surface area contributed by atoms with Crippen molar-refractivity contribution >= 4 is 11.9 Å². The first kappa shape index (κ1) is 17.0. The topological polar surface area (TPSA) is 55.4 Å². The number of Topliss-reactive ketones (excluding diaryl/α,β-unsaturated/α-hetero) is 1. The van der Waals surface area contributed by atoms with Gasteiger partial charge in [-0.15, -0.1) is 0 Å². The lowest BCUT2D eigenvalue weighted by atomic mass is 9.76. The van der Waals surface area contributed by atoms with Crippen molar-refractivity contribution in [3.8, 4) is 0 Å². The fourth-order valence-corrected chi connectivity index (χ4v) is 2.12. The molecule has 0 radical (unpaired) electrons. The lowest BCUT2D eigenvalue weighted by Gasteiger charge is -2.34. The lowest BCUT2D eigenvalue weighted by Crippen LogP contribution is -2.53. The van der Waals surface area contributed by atoms with Crippen LogP contribution in [-0.2, 0) is 9.53 Å². The first-order chi connectivity index (χ1) is 9.01. The number of amides is 1. The predicted octanol–water partition coefficient (Wildman–Crippen LogP) is 3.54. The van der Waals surface area contributed by atoms with Gasteiger partial charge in [0, 0.05) is 5.41 Å². The molecule has 0 heterocycles. The number of carbonyl (C=O) groups excluding carboxylic acids is 2. The molecule has 1 unspecified atom stereocenters. The minimum Gasteiger partial charge on any atom is -0.449 e. The smallest absolute Gasteiger partial charge is 0.407 e. The molecule has 1 rings (SSSR count). The molecule has 0 aromatic carbocycles. The van der Waals surface area contributed by atoms with Gasteiger partial charge in [0.2, 0.25) is 0 Å². The van der Waals surface area contributed by atoms with Gasteiger partial charge in [-0.05, 0) is 24.2 Å². The SMILES string of the molecule is CC(C)(C)C(=O)C(NC(=O)OCC1CCC1)C(C)(C)C. The summed E-state index contributed by atoms with van der Waals surface area (Å²) < 4.78 is 5.23. The Labute approximate surface area is 122 Å². The number of ether oxygens (including phenoxy) is 1. The van der Waals surface area contributed by atoms with Gasteiger partial charge in [-0.1, -0.05) is 48.0 Å². The fraction of sp³-hybridized carbons (Fsp3) is 0.875. The second-order valence-electron chi connectivity index (χ2n) is 7.95. The van der Waals surface area contributed by atoms with Crippen LogP contribution in [0.25, 0.3) is 0 Å². The molecule has 1 aliphatic rings. The predicted molar refractivity (Wildman–Crippen MR) is 79.5 cm³/mol. The number of hydrogen-bond acceptors (Lipinski definition) is 3. The number of alkyl carbamates (subject to hydrolysis) is 1. The number of ketones is 1. The molecule has 1 atom stereocenters. The van der Waals surface area contributed by atoms with E-state index in [0.717, 1.165) is 12.8 Å². The van der Waals surface area contributed by atoms with Crippen molar-refractivity contribution in [2.45, 2.75) is 66.8 Å². The second kappa shape index (κ2) is 6.15. The summed E-state index contributed by atoms with van der Waals surface area (Å²) in [6.45, 7) is 11.9. The second-order valence-corrected chi connectivity index (χ2v) is 7.95. The van der Waals surface area contributed by atoms with Gasteiger partial charge in [-0.25, -0.2) is 4.79 Å². The van der Waals surface area contributed by atoms with Crippen LogP contribution in [-0.4, -0.2) is 24.5 Å². The Kier molecular flexibility index (Phi) is 5.22. The summed E-state index contributed by atoms with van der Waals surface area (Å²) in [6.07, 6.45) is 3.02. The summed E-state index contributed by atoms with van der Waals surface area (Å²) in [5, 5.41) is 2.76. The van der Waals surface area contributed by atoms with E-state index in [1.807, 2.05) is 41.5 Å². The summed E-state index contributed by atoms with van der Waals surface area (Å²) in [4.78, 5) is 24.4. The van der Waals surface area contributed by atoms with Crippen LogP contribution >= 0.6 is 0 Å². The maximum atomic E-state index is 12.5. The summed E-state index contributed by atoms with van der Waals surface area (Å²) in [6, 6.07) is -0.531. The fourth-order valence-electron chi connectivity index (χ4n) is 2.12. The van der Waals surface area contributed by atoms with E-state index in [0.29, 0.717) is 12.5 Å². The van der Waals surface area contributed by atoms with Crippen LogP contribution in [0.3, 0.4) is 0 Å². The van der Waals surface area contributed by atoms with Gasteiger partial charge >= 0.3 is 6.09 Å². The summed E-state index contributed by atoms with van der Waals surface area (Å²) in [7, 11) is 0. The molecule has 1 amide bonds. The van der Waals surface area contributed by atoms with E-state index in [1.165, 1.54) is 6.42 Å². The summed E-state index contributed by atoms with van der Waals surface area (Å²) in [5.74, 6) is 0.540. The lowest BCUT2D eigenvalue weighted by molar-refractivity contribution is -0.130. The Hall–Kier alpha value is -1.06. The molecular formula is C16H29NO3. The molecule has 0 aromatic rings. The Morgan fingerprint density at radius 1 is 1.15 bits per heavy atom. The minimum atomic E-state index is -0.531. The quantitative estimate of drug-likeness (QED) is 0.858. The Bertz CT molecular complexity index is 359. The zero-order valence-electron chi connectivity index (χ0n) is 13.7. The first-order valence-corrected chi connectivity index (χ1v) is 7.49. The highest BCUT2D eigenvalue weighted by Crippen LogP contribution is 2.28. The van der Waals surface area contributed by atoms with E-state index in [9.17, 15) is 9.59 Å². The minimum absolute atomic E-state index is 0.0330. The highest BCUT2D eigenvalue weighted by atomic mass is 16.5. The van der Waals surface area contributed by atoms with Gasteiger partial charge in [-0.2, -0.15) is 0 Å². The molecule has 4 nitrogen and oxygen atoms in total. The van der Waals surface area contributed by atoms with Gasteiger partial charge in [-0.3, -0.25) is 4.79 Å². The molecule has 0 aromatic heterocycles. The van der Waals surface area contributed by atoms with Crippen molar-refractivity contribution in [3.63, 3.8) is 0 Å². The number of hydrogen-bond donors (Lipinski definition) is 1. The van der Waals surface area contributed by atoms with E-state index >= 15 is 0 Å². The van der Waals surface area contributed by atoms with Gasteiger partial charge in [0.05, 0.1) is 12.6 Å². The molecule has 1 aliphatic carbocycles. The molecule has 0 aliphatic heterocycles. The van der Waals surface area contributed by atoms with Crippen molar-refractivity contribution in [3.05, 3.63) is 0 Å². The van der Waals surface area contributed by atoms with E-state index < -0.39 is 17.6 Å². The van der Waals surface area contributed by atoms with Crippen LogP contribution in [0, 0.1) is 16.7 Å². The van der Waals surface area contributed by atoms with Crippen LogP contribution in [0.4, 0.5) is 4.79 Å². The third kappa shape index (κ3) is 4.80. The van der Waals surface area contributed by atoms with E-state index in [-0.39, 0.29) is 11.2 Å². The van der Waals surface area contributed by atoms with Crippen molar-refractivity contribution in [1.82, 2.24) is 5.32 Å². The number of rotatable bonds is 4. The molecule has 1 fully saturated rings. The molecule has 116 valence electrons. The summed E-state index contributed by atoms with van der Waals surface area (Å²) >= 11 is 0. The molecule has 0 bridgehead atoms. The largest absolute Gasteiger partial charge is 0.449 e. The van der Waals surface area contributed by atoms with Crippen molar-refractivity contribution < 1.29 is 14.3 Å². The van der Waals surface area contributed by atoms with Crippen LogP contribution in [0.15, 0.2) is 0 Å². The molecule has 0 saturated heterocycles. The molecule has 1 N–H and O–H groups in total. The van der Waals surface area contributed by atoms with Gasteiger partial charge < -0.3 is 10.1 Å². The molecule has 0 spiro atoms. The van der Waals surface area contributed by atoms with Crippen LogP contribution in [0.1, 0.15) is 60.8 Å². The molecule has 1 saturated carbocycles. The van der Waals surface area contributed by atoms with Crippen LogP contribution < -0.4 is 5.32 Å². The number of carbonyl (C=O) groups is 2. The van der Waals surface area contributed by atoms with Gasteiger partial charge in [0.25, 0.3) is 0 Å². The normalized spacial score (nSPS) is 18.1. The van der Waals surface area contributed by atoms with E-state index in [4.69, 9.17) is 4.74 Å². The Balaban J connectivity index is 2.60. The third-order valence-electron chi connectivity index (χ3n) is 3.80. The molecular weight excluding hydrogens is 254 g/mol. The number of nitrogens with one attached hydrogen (secondary N) is 1. The van der Waals surface area contributed by atoms with Crippen molar-refractivity contribution in [1.29, 1.82) is 0 Å². The van der Waals surface area contributed by atoms with Crippen LogP contribution in [0.5, 0.6) is 0 Å². The monoisotopic (exact) mass is 283 g/mol. The molecule has 4 heteroatoms. The zero-order valence-corrected chi connectivity index (χ0v) is 13.7. The van der Waals surface area contributed by atoms with Gasteiger partial charge in [0.1, 0.15) is 0 Å².